The van der Waals surface area contributed by atoms with Crippen LogP contribution in [0.15, 0.2) is 0 Å². The SMILES string of the molecule is CC1CCN(CCC(N)=O)CC1O. The van der Waals surface area contributed by atoms with E-state index in [9.17, 15) is 9.90 Å². The Labute approximate surface area is 78.7 Å². The molecule has 4 heteroatoms. The van der Waals surface area contributed by atoms with Crippen LogP contribution in [0, 0.1) is 5.92 Å². The van der Waals surface area contributed by atoms with Crippen LogP contribution >= 0.6 is 0 Å². The van der Waals surface area contributed by atoms with Gasteiger partial charge in [0.05, 0.1) is 6.10 Å². The summed E-state index contributed by atoms with van der Waals surface area (Å²) in [6.07, 6.45) is 1.14. The molecule has 0 radical (unpaired) electrons. The summed E-state index contributed by atoms with van der Waals surface area (Å²) in [5, 5.41) is 9.56. The summed E-state index contributed by atoms with van der Waals surface area (Å²) in [6.45, 7) is 4.37. The molecule has 1 aliphatic rings. The maximum atomic E-state index is 10.5. The van der Waals surface area contributed by atoms with Crippen molar-refractivity contribution in [1.82, 2.24) is 4.90 Å². The molecule has 4 nitrogen and oxygen atoms in total. The standard InChI is InChI=1S/C9H18N2O2/c1-7-2-4-11(6-8(7)12)5-3-9(10)13/h7-8,12H,2-6H2,1H3,(H2,10,13). The van der Waals surface area contributed by atoms with Crippen LogP contribution in [0.1, 0.15) is 19.8 Å². The van der Waals surface area contributed by atoms with Gasteiger partial charge < -0.3 is 15.7 Å². The molecule has 1 saturated heterocycles. The number of amides is 1. The molecule has 0 spiro atoms. The third-order valence-electron chi connectivity index (χ3n) is 2.68. The predicted molar refractivity (Wildman–Crippen MR) is 50.0 cm³/mol. The zero-order chi connectivity index (χ0) is 9.84. The number of piperidine rings is 1. The van der Waals surface area contributed by atoms with E-state index >= 15 is 0 Å². The maximum absolute atomic E-state index is 10.5. The van der Waals surface area contributed by atoms with Crippen LogP contribution in [-0.2, 0) is 4.79 Å². The molecule has 13 heavy (non-hydrogen) atoms. The first kappa shape index (κ1) is 10.5. The fourth-order valence-electron chi connectivity index (χ4n) is 1.59. The Hall–Kier alpha value is -0.610. The van der Waals surface area contributed by atoms with Crippen LogP contribution in [-0.4, -0.2) is 41.7 Å². The topological polar surface area (TPSA) is 66.6 Å². The number of rotatable bonds is 3. The van der Waals surface area contributed by atoms with Gasteiger partial charge in [0.25, 0.3) is 0 Å². The minimum Gasteiger partial charge on any atom is -0.392 e. The van der Waals surface area contributed by atoms with Gasteiger partial charge >= 0.3 is 0 Å². The number of aliphatic hydroxyl groups is 1. The van der Waals surface area contributed by atoms with E-state index in [0.29, 0.717) is 25.4 Å². The van der Waals surface area contributed by atoms with E-state index in [4.69, 9.17) is 5.73 Å². The van der Waals surface area contributed by atoms with Gasteiger partial charge in [-0.15, -0.1) is 0 Å². The van der Waals surface area contributed by atoms with Crippen LogP contribution in [0.2, 0.25) is 0 Å². The molecule has 1 aliphatic heterocycles. The van der Waals surface area contributed by atoms with E-state index in [-0.39, 0.29) is 12.0 Å². The highest BCUT2D eigenvalue weighted by atomic mass is 16.3. The second-order valence-electron chi connectivity index (χ2n) is 3.85. The lowest BCUT2D eigenvalue weighted by Gasteiger charge is -2.33. The number of β-amino-alcohol motifs (C(OH)–C–C–N with tert-alkyl or cyclic N) is 1. The summed E-state index contributed by atoms with van der Waals surface area (Å²) >= 11 is 0. The Morgan fingerprint density at radius 2 is 2.38 bits per heavy atom. The monoisotopic (exact) mass is 186 g/mol. The molecule has 3 N–H and O–H groups in total. The molecular formula is C9H18N2O2. The first-order valence-corrected chi connectivity index (χ1v) is 4.78. The van der Waals surface area contributed by atoms with Gasteiger partial charge in [-0.1, -0.05) is 6.92 Å². The molecule has 1 heterocycles. The molecule has 1 rings (SSSR count). The number of likely N-dealkylation sites (tertiary alicyclic amines) is 1. The summed E-state index contributed by atoms with van der Waals surface area (Å²) < 4.78 is 0. The summed E-state index contributed by atoms with van der Waals surface area (Å²) in [5.74, 6) is 0.109. The van der Waals surface area contributed by atoms with E-state index in [1.807, 2.05) is 0 Å². The fraction of sp³-hybridized carbons (Fsp3) is 0.889. The molecule has 1 amide bonds. The van der Waals surface area contributed by atoms with Crippen molar-refractivity contribution < 1.29 is 9.90 Å². The summed E-state index contributed by atoms with van der Waals surface area (Å²) in [7, 11) is 0. The quantitative estimate of drug-likeness (QED) is 0.628. The Morgan fingerprint density at radius 1 is 1.69 bits per heavy atom. The number of nitrogens with zero attached hydrogens (tertiary/aromatic N) is 1. The number of carbonyl (C=O) groups is 1. The van der Waals surface area contributed by atoms with Crippen molar-refractivity contribution in [3.8, 4) is 0 Å². The van der Waals surface area contributed by atoms with Gasteiger partial charge in [-0.25, -0.2) is 0 Å². The van der Waals surface area contributed by atoms with Gasteiger partial charge in [0, 0.05) is 19.5 Å². The number of hydrogen-bond acceptors (Lipinski definition) is 3. The van der Waals surface area contributed by atoms with E-state index in [1.54, 1.807) is 0 Å². The van der Waals surface area contributed by atoms with Crippen molar-refractivity contribution in [2.75, 3.05) is 19.6 Å². The smallest absolute Gasteiger partial charge is 0.218 e. The average molecular weight is 186 g/mol. The highest BCUT2D eigenvalue weighted by molar-refractivity contribution is 5.73. The zero-order valence-electron chi connectivity index (χ0n) is 8.07. The van der Waals surface area contributed by atoms with E-state index in [0.717, 1.165) is 13.0 Å². The van der Waals surface area contributed by atoms with Crippen molar-refractivity contribution in [3.63, 3.8) is 0 Å². The Kier molecular flexibility index (Phi) is 3.69. The zero-order valence-corrected chi connectivity index (χ0v) is 8.07. The van der Waals surface area contributed by atoms with E-state index in [2.05, 4.69) is 11.8 Å². The molecule has 0 aliphatic carbocycles. The van der Waals surface area contributed by atoms with Crippen molar-refractivity contribution in [2.45, 2.75) is 25.9 Å². The highest BCUT2D eigenvalue weighted by Gasteiger charge is 2.23. The molecule has 0 aromatic heterocycles. The summed E-state index contributed by atoms with van der Waals surface area (Å²) in [6, 6.07) is 0. The maximum Gasteiger partial charge on any atom is 0.218 e. The molecule has 0 bridgehead atoms. The molecule has 2 unspecified atom stereocenters. The largest absolute Gasteiger partial charge is 0.392 e. The molecule has 0 aromatic rings. The molecule has 0 aromatic carbocycles. The Morgan fingerprint density at radius 3 is 2.92 bits per heavy atom. The molecule has 2 atom stereocenters. The molecule has 0 saturated carbocycles. The first-order valence-electron chi connectivity index (χ1n) is 4.78. The number of carbonyl (C=O) groups excluding carboxylic acids is 1. The van der Waals surface area contributed by atoms with Crippen molar-refractivity contribution in [1.29, 1.82) is 0 Å². The van der Waals surface area contributed by atoms with E-state index in [1.165, 1.54) is 0 Å². The van der Waals surface area contributed by atoms with Crippen molar-refractivity contribution in [3.05, 3.63) is 0 Å². The lowest BCUT2D eigenvalue weighted by molar-refractivity contribution is -0.118. The number of nitrogens with two attached hydrogens (primary N) is 1. The number of primary amides is 1. The van der Waals surface area contributed by atoms with Crippen LogP contribution in [0.4, 0.5) is 0 Å². The minimum absolute atomic E-state index is 0.248. The van der Waals surface area contributed by atoms with Crippen molar-refractivity contribution >= 4 is 5.91 Å². The minimum atomic E-state index is -0.270. The lowest BCUT2D eigenvalue weighted by atomic mass is 9.96. The number of aliphatic hydroxyl groups excluding tert-OH is 1. The number of hydrogen-bond donors (Lipinski definition) is 2. The first-order chi connectivity index (χ1) is 6.09. The van der Waals surface area contributed by atoms with Gasteiger partial charge in [-0.05, 0) is 18.9 Å². The van der Waals surface area contributed by atoms with Gasteiger partial charge in [0.1, 0.15) is 0 Å². The van der Waals surface area contributed by atoms with Crippen LogP contribution in [0.25, 0.3) is 0 Å². The van der Waals surface area contributed by atoms with Gasteiger partial charge in [-0.3, -0.25) is 4.79 Å². The second kappa shape index (κ2) is 4.58. The molecular weight excluding hydrogens is 168 g/mol. The lowest BCUT2D eigenvalue weighted by Crippen LogP contribution is -2.43. The molecule has 1 fully saturated rings. The third-order valence-corrected chi connectivity index (χ3v) is 2.68. The van der Waals surface area contributed by atoms with Crippen LogP contribution < -0.4 is 5.73 Å². The summed E-state index contributed by atoms with van der Waals surface area (Å²) in [5.41, 5.74) is 5.04. The Balaban J connectivity index is 2.25. The molecule has 76 valence electrons. The average Bonchev–Trinajstić information content (AvgIpc) is 2.07. The van der Waals surface area contributed by atoms with Crippen LogP contribution in [0.3, 0.4) is 0 Å². The van der Waals surface area contributed by atoms with E-state index < -0.39 is 0 Å². The Bertz CT molecular complexity index is 184. The third kappa shape index (κ3) is 3.32. The normalized spacial score (nSPS) is 30.3. The van der Waals surface area contributed by atoms with Gasteiger partial charge in [0.2, 0.25) is 5.91 Å². The highest BCUT2D eigenvalue weighted by Crippen LogP contribution is 2.16. The predicted octanol–water partition coefficient (Wildman–Crippen LogP) is -0.435. The van der Waals surface area contributed by atoms with Gasteiger partial charge in [0.15, 0.2) is 0 Å². The van der Waals surface area contributed by atoms with Crippen molar-refractivity contribution in [2.24, 2.45) is 11.7 Å². The second-order valence-corrected chi connectivity index (χ2v) is 3.85. The van der Waals surface area contributed by atoms with Crippen LogP contribution in [0.5, 0.6) is 0 Å². The van der Waals surface area contributed by atoms with Gasteiger partial charge in [-0.2, -0.15) is 0 Å². The fourth-order valence-corrected chi connectivity index (χ4v) is 1.59. The summed E-state index contributed by atoms with van der Waals surface area (Å²) in [4.78, 5) is 12.6.